The van der Waals surface area contributed by atoms with E-state index in [1.807, 2.05) is 39.0 Å². The van der Waals surface area contributed by atoms with Gasteiger partial charge in [-0.1, -0.05) is 35.3 Å². The Kier molecular flexibility index (Phi) is 4.73. The van der Waals surface area contributed by atoms with Crippen LogP contribution in [0.25, 0.3) is 0 Å². The number of hydrogen-bond donors (Lipinski definition) is 1. The van der Waals surface area contributed by atoms with Crippen molar-refractivity contribution in [2.75, 3.05) is 11.9 Å². The first-order valence-electron chi connectivity index (χ1n) is 6.36. The molecular formula is C15H16Cl2N2O. The Balaban J connectivity index is 2.37. The molecular weight excluding hydrogens is 295 g/mol. The number of anilines is 1. The summed E-state index contributed by atoms with van der Waals surface area (Å²) in [6.07, 6.45) is 0. The van der Waals surface area contributed by atoms with Gasteiger partial charge in [-0.15, -0.1) is 0 Å². The molecule has 0 radical (unpaired) electrons. The van der Waals surface area contributed by atoms with Crippen molar-refractivity contribution in [3.63, 3.8) is 0 Å². The first kappa shape index (κ1) is 14.9. The van der Waals surface area contributed by atoms with Crippen LogP contribution in [0.5, 0.6) is 11.6 Å². The molecule has 0 amide bonds. The lowest BCUT2D eigenvalue weighted by atomic mass is 10.1. The van der Waals surface area contributed by atoms with Crippen molar-refractivity contribution in [3.05, 3.63) is 45.4 Å². The second-order valence-electron chi connectivity index (χ2n) is 4.51. The molecule has 1 heterocycles. The number of pyridine rings is 1. The van der Waals surface area contributed by atoms with Gasteiger partial charge in [0.1, 0.15) is 16.6 Å². The van der Waals surface area contributed by atoms with Crippen LogP contribution in [0.2, 0.25) is 10.0 Å². The summed E-state index contributed by atoms with van der Waals surface area (Å²) in [6, 6.07) is 7.62. The van der Waals surface area contributed by atoms with Crippen molar-refractivity contribution in [1.29, 1.82) is 0 Å². The molecule has 0 aliphatic rings. The molecule has 0 saturated heterocycles. The number of ether oxygens (including phenoxy) is 1. The van der Waals surface area contributed by atoms with Crippen molar-refractivity contribution < 1.29 is 4.74 Å². The van der Waals surface area contributed by atoms with Gasteiger partial charge in [0, 0.05) is 6.54 Å². The highest BCUT2D eigenvalue weighted by molar-refractivity contribution is 6.36. The van der Waals surface area contributed by atoms with Gasteiger partial charge in [-0.25, -0.2) is 0 Å². The number of aryl methyl sites for hydroxylation is 2. The van der Waals surface area contributed by atoms with Gasteiger partial charge in [-0.3, -0.25) is 0 Å². The molecule has 3 nitrogen and oxygen atoms in total. The zero-order valence-electron chi connectivity index (χ0n) is 11.6. The maximum Gasteiger partial charge on any atom is 0.240 e. The highest BCUT2D eigenvalue weighted by atomic mass is 35.5. The minimum atomic E-state index is 0.348. The monoisotopic (exact) mass is 310 g/mol. The van der Waals surface area contributed by atoms with E-state index >= 15 is 0 Å². The van der Waals surface area contributed by atoms with Crippen LogP contribution >= 0.6 is 23.2 Å². The predicted molar refractivity (Wildman–Crippen MR) is 84.4 cm³/mol. The molecule has 0 fully saturated rings. The molecule has 106 valence electrons. The second-order valence-corrected chi connectivity index (χ2v) is 5.32. The van der Waals surface area contributed by atoms with Crippen molar-refractivity contribution in [2.24, 2.45) is 0 Å². The van der Waals surface area contributed by atoms with Gasteiger partial charge >= 0.3 is 0 Å². The molecule has 20 heavy (non-hydrogen) atoms. The molecule has 0 aliphatic carbocycles. The van der Waals surface area contributed by atoms with Crippen molar-refractivity contribution in [3.8, 4) is 11.6 Å². The van der Waals surface area contributed by atoms with Crippen LogP contribution in [0.4, 0.5) is 5.82 Å². The Morgan fingerprint density at radius 1 is 1.15 bits per heavy atom. The molecule has 0 saturated carbocycles. The summed E-state index contributed by atoms with van der Waals surface area (Å²) in [7, 11) is 0. The predicted octanol–water partition coefficient (Wildman–Crippen LogP) is 5.23. The molecule has 1 N–H and O–H groups in total. The third-order valence-electron chi connectivity index (χ3n) is 2.79. The number of hydrogen-bond acceptors (Lipinski definition) is 3. The van der Waals surface area contributed by atoms with E-state index in [-0.39, 0.29) is 0 Å². The fraction of sp³-hybridized carbons (Fsp3) is 0.267. The Morgan fingerprint density at radius 2 is 1.90 bits per heavy atom. The van der Waals surface area contributed by atoms with Crippen LogP contribution < -0.4 is 10.1 Å². The molecule has 1 aromatic heterocycles. The topological polar surface area (TPSA) is 34.2 Å². The summed E-state index contributed by atoms with van der Waals surface area (Å²) in [5, 5.41) is 3.94. The maximum atomic E-state index is 6.14. The molecule has 0 bridgehead atoms. The number of halogens is 2. The molecule has 5 heteroatoms. The van der Waals surface area contributed by atoms with Crippen LogP contribution in [0, 0.1) is 13.8 Å². The van der Waals surface area contributed by atoms with Crippen LogP contribution in [-0.4, -0.2) is 11.5 Å². The van der Waals surface area contributed by atoms with E-state index in [2.05, 4.69) is 10.3 Å². The Hall–Kier alpha value is -1.45. The maximum absolute atomic E-state index is 6.14. The standard InChI is InChI=1S/C15H16Cl2N2O/c1-4-18-14-11(16)8-12(17)15(19-14)20-13-7-9(2)5-6-10(13)3/h5-8H,4H2,1-3H3,(H,18,19). The van der Waals surface area contributed by atoms with Gasteiger partial charge in [-0.2, -0.15) is 4.98 Å². The van der Waals surface area contributed by atoms with Gasteiger partial charge in [0.15, 0.2) is 0 Å². The largest absolute Gasteiger partial charge is 0.437 e. The van der Waals surface area contributed by atoms with E-state index in [4.69, 9.17) is 27.9 Å². The summed E-state index contributed by atoms with van der Waals surface area (Å²) in [4.78, 5) is 4.33. The van der Waals surface area contributed by atoms with Crippen molar-refractivity contribution in [2.45, 2.75) is 20.8 Å². The lowest BCUT2D eigenvalue weighted by Crippen LogP contribution is -2.02. The smallest absolute Gasteiger partial charge is 0.240 e. The lowest BCUT2D eigenvalue weighted by molar-refractivity contribution is 0.460. The van der Waals surface area contributed by atoms with Gasteiger partial charge in [0.25, 0.3) is 0 Å². The molecule has 0 unspecified atom stereocenters. The molecule has 2 rings (SSSR count). The van der Waals surface area contributed by atoms with Crippen LogP contribution in [0.15, 0.2) is 24.3 Å². The van der Waals surface area contributed by atoms with E-state index in [1.54, 1.807) is 6.07 Å². The van der Waals surface area contributed by atoms with E-state index in [0.717, 1.165) is 23.4 Å². The number of aromatic nitrogens is 1. The van der Waals surface area contributed by atoms with Crippen LogP contribution in [-0.2, 0) is 0 Å². The molecule has 0 spiro atoms. The first-order chi connectivity index (χ1) is 9.51. The minimum absolute atomic E-state index is 0.348. The summed E-state index contributed by atoms with van der Waals surface area (Å²) in [6.45, 7) is 6.67. The fourth-order valence-corrected chi connectivity index (χ4v) is 2.20. The van der Waals surface area contributed by atoms with E-state index in [9.17, 15) is 0 Å². The zero-order chi connectivity index (χ0) is 14.7. The van der Waals surface area contributed by atoms with Gasteiger partial charge in [0.2, 0.25) is 5.88 Å². The zero-order valence-corrected chi connectivity index (χ0v) is 13.1. The van der Waals surface area contributed by atoms with Crippen LogP contribution in [0.3, 0.4) is 0 Å². The van der Waals surface area contributed by atoms with E-state index in [0.29, 0.717) is 21.7 Å². The Morgan fingerprint density at radius 3 is 2.60 bits per heavy atom. The fourth-order valence-electron chi connectivity index (χ4n) is 1.73. The average Bonchev–Trinajstić information content (AvgIpc) is 2.39. The summed E-state index contributed by atoms with van der Waals surface area (Å²) in [5.41, 5.74) is 2.14. The molecule has 0 aliphatic heterocycles. The molecule has 2 aromatic rings. The number of nitrogens with one attached hydrogen (secondary N) is 1. The quantitative estimate of drug-likeness (QED) is 0.839. The number of benzene rings is 1. The third-order valence-corrected chi connectivity index (χ3v) is 3.35. The van der Waals surface area contributed by atoms with Gasteiger partial charge in [-0.05, 0) is 44.0 Å². The second kappa shape index (κ2) is 6.33. The van der Waals surface area contributed by atoms with Gasteiger partial charge in [0.05, 0.1) is 5.02 Å². The first-order valence-corrected chi connectivity index (χ1v) is 7.12. The van der Waals surface area contributed by atoms with Crippen molar-refractivity contribution in [1.82, 2.24) is 4.98 Å². The Labute approximate surface area is 128 Å². The van der Waals surface area contributed by atoms with Crippen LogP contribution in [0.1, 0.15) is 18.1 Å². The van der Waals surface area contributed by atoms with Gasteiger partial charge < -0.3 is 10.1 Å². The summed E-state index contributed by atoms with van der Waals surface area (Å²) < 4.78 is 5.82. The highest BCUT2D eigenvalue weighted by Crippen LogP contribution is 2.34. The summed E-state index contributed by atoms with van der Waals surface area (Å²) in [5.74, 6) is 1.66. The molecule has 1 aromatic carbocycles. The number of rotatable bonds is 4. The minimum Gasteiger partial charge on any atom is -0.437 e. The highest BCUT2D eigenvalue weighted by Gasteiger charge is 2.12. The van der Waals surface area contributed by atoms with E-state index in [1.165, 1.54) is 0 Å². The van der Waals surface area contributed by atoms with Crippen molar-refractivity contribution >= 4 is 29.0 Å². The normalized spacial score (nSPS) is 10.4. The molecule has 0 atom stereocenters. The third kappa shape index (κ3) is 3.35. The summed E-state index contributed by atoms with van der Waals surface area (Å²) >= 11 is 12.2. The van der Waals surface area contributed by atoms with E-state index < -0.39 is 0 Å². The Bertz CT molecular complexity index is 630. The lowest BCUT2D eigenvalue weighted by Gasteiger charge is -2.12. The average molecular weight is 311 g/mol. The SMILES string of the molecule is CCNc1nc(Oc2cc(C)ccc2C)c(Cl)cc1Cl. The number of nitrogens with zero attached hydrogens (tertiary/aromatic N) is 1.